The minimum atomic E-state index is -0.808. The molecule has 0 N–H and O–H groups in total. The van der Waals surface area contributed by atoms with E-state index in [1.807, 2.05) is 56.3 Å². The summed E-state index contributed by atoms with van der Waals surface area (Å²) in [6, 6.07) is 16.9. The average molecular weight is 536 g/mol. The van der Waals surface area contributed by atoms with E-state index >= 15 is 0 Å². The SMILES string of the molecule is CCOC(=O)[C@H](C)Oc1ccc2ccccc2c1C=Nn1c(C(C)C)nc2ccc(Br)cc2c1=O. The Balaban J connectivity index is 1.87. The van der Waals surface area contributed by atoms with E-state index in [9.17, 15) is 9.59 Å². The molecule has 0 aliphatic rings. The lowest BCUT2D eigenvalue weighted by Gasteiger charge is -2.17. The first-order chi connectivity index (χ1) is 16.8. The molecule has 1 heterocycles. The van der Waals surface area contributed by atoms with E-state index in [0.717, 1.165) is 15.2 Å². The van der Waals surface area contributed by atoms with Gasteiger partial charge in [-0.25, -0.2) is 9.78 Å². The number of carbonyl (C=O) groups excluding carboxylic acids is 1. The van der Waals surface area contributed by atoms with Crippen molar-refractivity contribution < 1.29 is 14.3 Å². The lowest BCUT2D eigenvalue weighted by Crippen LogP contribution is -2.26. The summed E-state index contributed by atoms with van der Waals surface area (Å²) in [7, 11) is 0. The summed E-state index contributed by atoms with van der Waals surface area (Å²) in [5.74, 6) is 0.512. The Hall–Kier alpha value is -3.52. The second-order valence-corrected chi connectivity index (χ2v) is 9.27. The molecule has 4 aromatic rings. The average Bonchev–Trinajstić information content (AvgIpc) is 2.84. The van der Waals surface area contributed by atoms with Crippen LogP contribution in [0.15, 0.2) is 69.0 Å². The number of ether oxygens (including phenoxy) is 2. The van der Waals surface area contributed by atoms with Gasteiger partial charge in [-0.15, -0.1) is 0 Å². The number of aromatic nitrogens is 2. The number of halogens is 1. The molecular weight excluding hydrogens is 510 g/mol. The van der Waals surface area contributed by atoms with Gasteiger partial charge in [0.15, 0.2) is 6.10 Å². The second-order valence-electron chi connectivity index (χ2n) is 8.36. The molecule has 0 fully saturated rings. The van der Waals surface area contributed by atoms with Gasteiger partial charge in [0.05, 0.1) is 23.7 Å². The van der Waals surface area contributed by atoms with E-state index < -0.39 is 12.1 Å². The zero-order chi connectivity index (χ0) is 25.1. The predicted molar refractivity (Wildman–Crippen MR) is 141 cm³/mol. The molecule has 35 heavy (non-hydrogen) atoms. The minimum absolute atomic E-state index is 0.0417. The van der Waals surface area contributed by atoms with Crippen LogP contribution in [0.4, 0.5) is 0 Å². The molecule has 1 aromatic heterocycles. The van der Waals surface area contributed by atoms with Crippen molar-refractivity contribution in [3.05, 3.63) is 80.8 Å². The van der Waals surface area contributed by atoms with Crippen LogP contribution in [0.3, 0.4) is 0 Å². The maximum absolute atomic E-state index is 13.4. The largest absolute Gasteiger partial charge is 0.478 e. The Labute approximate surface area is 211 Å². The number of rotatable bonds is 7. The fraction of sp³-hybridized carbons (Fsp3) is 0.259. The van der Waals surface area contributed by atoms with Crippen LogP contribution < -0.4 is 10.3 Å². The summed E-state index contributed by atoms with van der Waals surface area (Å²) in [4.78, 5) is 30.3. The highest BCUT2D eigenvalue weighted by Crippen LogP contribution is 2.28. The fourth-order valence-corrected chi connectivity index (χ4v) is 4.14. The summed E-state index contributed by atoms with van der Waals surface area (Å²) in [5.41, 5.74) is 1.000. The normalized spacial score (nSPS) is 12.5. The monoisotopic (exact) mass is 535 g/mol. The second kappa shape index (κ2) is 10.4. The third kappa shape index (κ3) is 5.12. The molecule has 4 rings (SSSR count). The molecular formula is C27H26BrN3O4. The van der Waals surface area contributed by atoms with Gasteiger partial charge in [-0.05, 0) is 48.9 Å². The highest BCUT2D eigenvalue weighted by atomic mass is 79.9. The van der Waals surface area contributed by atoms with Gasteiger partial charge < -0.3 is 9.47 Å². The van der Waals surface area contributed by atoms with E-state index in [-0.39, 0.29) is 18.1 Å². The molecule has 0 saturated heterocycles. The van der Waals surface area contributed by atoms with Gasteiger partial charge in [0.25, 0.3) is 5.56 Å². The van der Waals surface area contributed by atoms with Gasteiger partial charge in [0.2, 0.25) is 0 Å². The number of carbonyl (C=O) groups is 1. The van der Waals surface area contributed by atoms with E-state index in [1.54, 1.807) is 32.2 Å². The summed E-state index contributed by atoms with van der Waals surface area (Å²) in [6.45, 7) is 7.59. The van der Waals surface area contributed by atoms with Crippen molar-refractivity contribution in [3.63, 3.8) is 0 Å². The third-order valence-electron chi connectivity index (χ3n) is 5.51. The van der Waals surface area contributed by atoms with Gasteiger partial charge in [-0.2, -0.15) is 9.78 Å². The summed E-state index contributed by atoms with van der Waals surface area (Å²) >= 11 is 3.43. The van der Waals surface area contributed by atoms with Gasteiger partial charge >= 0.3 is 5.97 Å². The van der Waals surface area contributed by atoms with E-state index in [0.29, 0.717) is 28.0 Å². The molecule has 0 amide bonds. The molecule has 0 saturated carbocycles. The van der Waals surface area contributed by atoms with Crippen LogP contribution in [0, 0.1) is 0 Å². The highest BCUT2D eigenvalue weighted by Gasteiger charge is 2.19. The van der Waals surface area contributed by atoms with Crippen molar-refractivity contribution >= 4 is 49.8 Å². The zero-order valence-corrected chi connectivity index (χ0v) is 21.6. The van der Waals surface area contributed by atoms with Crippen molar-refractivity contribution in [2.24, 2.45) is 5.10 Å². The van der Waals surface area contributed by atoms with Crippen molar-refractivity contribution in [1.29, 1.82) is 0 Å². The number of esters is 1. The Morgan fingerprint density at radius 2 is 1.89 bits per heavy atom. The van der Waals surface area contributed by atoms with Crippen molar-refractivity contribution in [2.75, 3.05) is 6.61 Å². The Morgan fingerprint density at radius 1 is 1.11 bits per heavy atom. The van der Waals surface area contributed by atoms with Crippen molar-refractivity contribution in [1.82, 2.24) is 9.66 Å². The maximum Gasteiger partial charge on any atom is 0.347 e. The Bertz CT molecular complexity index is 1490. The molecule has 7 nitrogen and oxygen atoms in total. The quantitative estimate of drug-likeness (QED) is 0.225. The van der Waals surface area contributed by atoms with Gasteiger partial charge in [-0.3, -0.25) is 4.79 Å². The maximum atomic E-state index is 13.4. The Kier molecular flexibility index (Phi) is 7.31. The minimum Gasteiger partial charge on any atom is -0.478 e. The highest BCUT2D eigenvalue weighted by molar-refractivity contribution is 9.10. The van der Waals surface area contributed by atoms with E-state index in [2.05, 4.69) is 21.0 Å². The van der Waals surface area contributed by atoms with Crippen molar-refractivity contribution in [2.45, 2.75) is 39.7 Å². The van der Waals surface area contributed by atoms with E-state index in [4.69, 9.17) is 14.5 Å². The van der Waals surface area contributed by atoms with Gasteiger partial charge in [-0.1, -0.05) is 60.1 Å². The molecule has 3 aromatic carbocycles. The molecule has 8 heteroatoms. The van der Waals surface area contributed by atoms with Gasteiger partial charge in [0.1, 0.15) is 11.6 Å². The summed E-state index contributed by atoms with van der Waals surface area (Å²) in [6.07, 6.45) is 0.783. The smallest absolute Gasteiger partial charge is 0.347 e. The first kappa shape index (κ1) is 24.6. The fourth-order valence-electron chi connectivity index (χ4n) is 3.78. The van der Waals surface area contributed by atoms with Crippen molar-refractivity contribution in [3.8, 4) is 5.75 Å². The number of benzene rings is 3. The summed E-state index contributed by atoms with van der Waals surface area (Å²) in [5, 5.41) is 6.90. The molecule has 0 bridgehead atoms. The predicted octanol–water partition coefficient (Wildman–Crippen LogP) is 5.65. The van der Waals surface area contributed by atoms with Gasteiger partial charge in [0, 0.05) is 16.0 Å². The van der Waals surface area contributed by atoms with Crippen LogP contribution in [-0.2, 0) is 9.53 Å². The molecule has 180 valence electrons. The van der Waals surface area contributed by atoms with Crippen LogP contribution in [0.2, 0.25) is 0 Å². The molecule has 0 spiro atoms. The molecule has 0 aliphatic heterocycles. The molecule has 1 atom stereocenters. The van der Waals surface area contributed by atoms with Crippen LogP contribution in [0.5, 0.6) is 5.75 Å². The molecule has 0 unspecified atom stereocenters. The zero-order valence-electron chi connectivity index (χ0n) is 20.0. The lowest BCUT2D eigenvalue weighted by atomic mass is 10.0. The number of nitrogens with zero attached hydrogens (tertiary/aromatic N) is 3. The topological polar surface area (TPSA) is 82.8 Å². The number of fused-ring (bicyclic) bond motifs is 2. The number of hydrogen-bond acceptors (Lipinski definition) is 6. The lowest BCUT2D eigenvalue weighted by molar-refractivity contribution is -0.150. The van der Waals surface area contributed by atoms with Crippen LogP contribution in [0.25, 0.3) is 21.7 Å². The molecule has 0 aliphatic carbocycles. The Morgan fingerprint density at radius 3 is 2.63 bits per heavy atom. The molecule has 0 radical (unpaired) electrons. The van der Waals surface area contributed by atoms with Crippen LogP contribution >= 0.6 is 15.9 Å². The van der Waals surface area contributed by atoms with Crippen LogP contribution in [0.1, 0.15) is 45.0 Å². The third-order valence-corrected chi connectivity index (χ3v) is 6.00. The number of hydrogen-bond donors (Lipinski definition) is 0. The summed E-state index contributed by atoms with van der Waals surface area (Å²) < 4.78 is 13.2. The first-order valence-corrected chi connectivity index (χ1v) is 12.2. The van der Waals surface area contributed by atoms with E-state index in [1.165, 1.54) is 4.68 Å². The first-order valence-electron chi connectivity index (χ1n) is 11.4. The van der Waals surface area contributed by atoms with Crippen LogP contribution in [-0.4, -0.2) is 34.6 Å². The standard InChI is InChI=1S/C27H26BrN3O4/c1-5-34-27(33)17(4)35-24-13-10-18-8-6-7-9-20(18)22(24)15-29-31-25(16(2)3)30-23-12-11-19(28)14-21(23)26(31)32/h6-17H,5H2,1-4H3/t17-/m0/s1.